The van der Waals surface area contributed by atoms with Crippen molar-refractivity contribution in [1.29, 1.82) is 0 Å². The molecule has 5 heteroatoms. The van der Waals surface area contributed by atoms with Crippen molar-refractivity contribution < 1.29 is 15.0 Å². The van der Waals surface area contributed by atoms with Crippen LogP contribution in [0.2, 0.25) is 0 Å². The Balaban J connectivity index is 2.96. The lowest BCUT2D eigenvalue weighted by molar-refractivity contribution is 0.0762. The van der Waals surface area contributed by atoms with Crippen molar-refractivity contribution in [2.45, 2.75) is 13.3 Å². The first-order valence-corrected chi connectivity index (χ1v) is 6.01. The van der Waals surface area contributed by atoms with Crippen LogP contribution in [0.1, 0.15) is 23.7 Å². The summed E-state index contributed by atoms with van der Waals surface area (Å²) in [6, 6.07) is 4.33. The highest BCUT2D eigenvalue weighted by Crippen LogP contribution is 2.29. The van der Waals surface area contributed by atoms with Gasteiger partial charge in [-0.1, -0.05) is 13.0 Å². The molecule has 0 saturated carbocycles. The molecule has 0 bridgehead atoms. The molecular formula is C12H16ClNO3. The molecule has 0 aliphatic carbocycles. The van der Waals surface area contributed by atoms with E-state index in [-0.39, 0.29) is 23.0 Å². The van der Waals surface area contributed by atoms with E-state index in [1.807, 2.05) is 6.92 Å². The summed E-state index contributed by atoms with van der Waals surface area (Å²) in [5.74, 6) is -0.655. The molecular weight excluding hydrogens is 242 g/mol. The summed E-state index contributed by atoms with van der Waals surface area (Å²) in [7, 11) is 0. The molecule has 0 unspecified atom stereocenters. The topological polar surface area (TPSA) is 60.8 Å². The molecule has 0 aliphatic rings. The van der Waals surface area contributed by atoms with Gasteiger partial charge in [-0.3, -0.25) is 4.79 Å². The van der Waals surface area contributed by atoms with Gasteiger partial charge in [-0.15, -0.1) is 11.6 Å². The fourth-order valence-corrected chi connectivity index (χ4v) is 1.77. The average molecular weight is 258 g/mol. The first-order valence-electron chi connectivity index (χ1n) is 5.48. The minimum absolute atomic E-state index is 0.101. The van der Waals surface area contributed by atoms with E-state index >= 15 is 0 Å². The van der Waals surface area contributed by atoms with Gasteiger partial charge in [0, 0.05) is 19.0 Å². The van der Waals surface area contributed by atoms with E-state index in [2.05, 4.69) is 0 Å². The van der Waals surface area contributed by atoms with Crippen LogP contribution < -0.4 is 0 Å². The van der Waals surface area contributed by atoms with Crippen molar-refractivity contribution >= 4 is 17.5 Å². The van der Waals surface area contributed by atoms with Crippen LogP contribution in [0.3, 0.4) is 0 Å². The van der Waals surface area contributed by atoms with Gasteiger partial charge < -0.3 is 15.1 Å². The van der Waals surface area contributed by atoms with Crippen molar-refractivity contribution in [3.63, 3.8) is 0 Å². The number of aromatic hydroxyl groups is 2. The Labute approximate surface area is 105 Å². The third-order valence-electron chi connectivity index (χ3n) is 2.38. The van der Waals surface area contributed by atoms with Gasteiger partial charge in [0.15, 0.2) is 11.5 Å². The minimum Gasteiger partial charge on any atom is -0.504 e. The third kappa shape index (κ3) is 3.27. The minimum atomic E-state index is -0.381. The monoisotopic (exact) mass is 257 g/mol. The van der Waals surface area contributed by atoms with E-state index in [0.29, 0.717) is 19.0 Å². The van der Waals surface area contributed by atoms with Gasteiger partial charge >= 0.3 is 0 Å². The molecule has 1 amide bonds. The summed E-state index contributed by atoms with van der Waals surface area (Å²) >= 11 is 5.63. The molecule has 2 N–H and O–H groups in total. The Morgan fingerprint density at radius 1 is 1.35 bits per heavy atom. The number of carbonyl (C=O) groups is 1. The molecule has 0 fully saturated rings. The normalized spacial score (nSPS) is 10.2. The van der Waals surface area contributed by atoms with Gasteiger partial charge in [0.2, 0.25) is 0 Å². The number of rotatable bonds is 5. The number of carbonyl (C=O) groups excluding carboxylic acids is 1. The Morgan fingerprint density at radius 2 is 2.06 bits per heavy atom. The zero-order valence-corrected chi connectivity index (χ0v) is 10.4. The molecule has 0 aliphatic heterocycles. The van der Waals surface area contributed by atoms with E-state index in [0.717, 1.165) is 6.42 Å². The summed E-state index contributed by atoms with van der Waals surface area (Å²) in [4.78, 5) is 13.7. The molecule has 1 aromatic carbocycles. The molecule has 0 spiro atoms. The summed E-state index contributed by atoms with van der Waals surface area (Å²) < 4.78 is 0. The van der Waals surface area contributed by atoms with E-state index in [1.165, 1.54) is 18.2 Å². The first-order chi connectivity index (χ1) is 8.11. The largest absolute Gasteiger partial charge is 0.504 e. The van der Waals surface area contributed by atoms with Crippen molar-refractivity contribution in [3.05, 3.63) is 23.8 Å². The Hall–Kier alpha value is -1.42. The van der Waals surface area contributed by atoms with Crippen LogP contribution in [-0.2, 0) is 0 Å². The molecule has 0 aromatic heterocycles. The second-order valence-electron chi connectivity index (χ2n) is 3.65. The second-order valence-corrected chi connectivity index (χ2v) is 4.03. The van der Waals surface area contributed by atoms with Crippen LogP contribution in [0.4, 0.5) is 0 Å². The summed E-state index contributed by atoms with van der Waals surface area (Å²) in [6.45, 7) is 2.95. The zero-order valence-electron chi connectivity index (χ0n) is 9.69. The number of hydrogen-bond acceptors (Lipinski definition) is 3. The third-order valence-corrected chi connectivity index (χ3v) is 2.55. The Morgan fingerprint density at radius 3 is 2.65 bits per heavy atom. The van der Waals surface area contributed by atoms with Crippen LogP contribution in [-0.4, -0.2) is 40.0 Å². The lowest BCUT2D eigenvalue weighted by Crippen LogP contribution is -2.33. The smallest absolute Gasteiger partial charge is 0.257 e. The Bertz CT molecular complexity index is 389. The van der Waals surface area contributed by atoms with E-state index in [9.17, 15) is 15.0 Å². The predicted molar refractivity (Wildman–Crippen MR) is 66.7 cm³/mol. The predicted octanol–water partition coefficient (Wildman–Crippen LogP) is 2.19. The van der Waals surface area contributed by atoms with Gasteiger partial charge in [-0.25, -0.2) is 0 Å². The highest BCUT2D eigenvalue weighted by molar-refractivity contribution is 6.18. The quantitative estimate of drug-likeness (QED) is 0.628. The molecule has 0 heterocycles. The van der Waals surface area contributed by atoms with Gasteiger partial charge in [0.05, 0.1) is 5.56 Å². The van der Waals surface area contributed by atoms with Gasteiger partial charge in [-0.05, 0) is 18.6 Å². The van der Waals surface area contributed by atoms with Crippen LogP contribution in [0.5, 0.6) is 11.5 Å². The molecule has 0 atom stereocenters. The van der Waals surface area contributed by atoms with E-state index < -0.39 is 0 Å². The fraction of sp³-hybridized carbons (Fsp3) is 0.417. The van der Waals surface area contributed by atoms with Crippen LogP contribution >= 0.6 is 11.6 Å². The highest BCUT2D eigenvalue weighted by Gasteiger charge is 2.19. The number of phenols is 2. The molecule has 0 radical (unpaired) electrons. The Kier molecular flexibility index (Phi) is 5.10. The maximum Gasteiger partial charge on any atom is 0.257 e. The second kappa shape index (κ2) is 6.35. The lowest BCUT2D eigenvalue weighted by Gasteiger charge is -2.21. The molecule has 1 aromatic rings. The SMILES string of the molecule is CCCN(CCCl)C(=O)c1cccc(O)c1O. The molecule has 17 heavy (non-hydrogen) atoms. The lowest BCUT2D eigenvalue weighted by atomic mass is 10.1. The average Bonchev–Trinajstić information content (AvgIpc) is 2.31. The summed E-state index contributed by atoms with van der Waals surface area (Å²) in [6.07, 6.45) is 0.808. The first kappa shape index (κ1) is 13.6. The molecule has 4 nitrogen and oxygen atoms in total. The van der Waals surface area contributed by atoms with Crippen LogP contribution in [0.25, 0.3) is 0 Å². The standard InChI is InChI=1S/C12H16ClNO3/c1-2-7-14(8-6-13)12(17)9-4-3-5-10(15)11(9)16/h3-5,15-16H,2,6-8H2,1H3. The van der Waals surface area contributed by atoms with E-state index in [1.54, 1.807) is 4.90 Å². The van der Waals surface area contributed by atoms with Gasteiger partial charge in [0.25, 0.3) is 5.91 Å². The van der Waals surface area contributed by atoms with Crippen molar-refractivity contribution in [1.82, 2.24) is 4.90 Å². The number of hydrogen-bond donors (Lipinski definition) is 2. The maximum absolute atomic E-state index is 12.1. The molecule has 1 rings (SSSR count). The maximum atomic E-state index is 12.1. The van der Waals surface area contributed by atoms with E-state index in [4.69, 9.17) is 11.6 Å². The van der Waals surface area contributed by atoms with Crippen molar-refractivity contribution in [2.24, 2.45) is 0 Å². The number of benzene rings is 1. The zero-order chi connectivity index (χ0) is 12.8. The fourth-order valence-electron chi connectivity index (χ4n) is 1.56. The number of alkyl halides is 1. The van der Waals surface area contributed by atoms with Gasteiger partial charge in [0.1, 0.15) is 0 Å². The number of para-hydroxylation sites is 1. The number of halogens is 1. The number of nitrogens with zero attached hydrogens (tertiary/aromatic N) is 1. The summed E-state index contributed by atoms with van der Waals surface area (Å²) in [5.41, 5.74) is 0.101. The summed E-state index contributed by atoms with van der Waals surface area (Å²) in [5, 5.41) is 19.0. The molecule has 94 valence electrons. The van der Waals surface area contributed by atoms with Gasteiger partial charge in [-0.2, -0.15) is 0 Å². The van der Waals surface area contributed by atoms with Crippen molar-refractivity contribution in [3.8, 4) is 11.5 Å². The molecule has 0 saturated heterocycles. The number of amides is 1. The number of phenolic OH excluding ortho intramolecular Hbond substituents is 2. The van der Waals surface area contributed by atoms with Crippen LogP contribution in [0, 0.1) is 0 Å². The van der Waals surface area contributed by atoms with Crippen molar-refractivity contribution in [2.75, 3.05) is 19.0 Å². The highest BCUT2D eigenvalue weighted by atomic mass is 35.5. The van der Waals surface area contributed by atoms with Crippen LogP contribution in [0.15, 0.2) is 18.2 Å².